The highest BCUT2D eigenvalue weighted by atomic mass is 16.3. The molecule has 0 unspecified atom stereocenters. The second-order valence-corrected chi connectivity index (χ2v) is 6.71. The number of benzene rings is 3. The lowest BCUT2D eigenvalue weighted by molar-refractivity contribution is 0.590. The van der Waals surface area contributed by atoms with Crippen LogP contribution < -0.4 is 5.32 Å². The summed E-state index contributed by atoms with van der Waals surface area (Å²) in [7, 11) is 0. The van der Waals surface area contributed by atoms with E-state index in [0.29, 0.717) is 0 Å². The van der Waals surface area contributed by atoms with E-state index in [0.717, 1.165) is 0 Å². The third-order valence-corrected chi connectivity index (χ3v) is 3.70. The van der Waals surface area contributed by atoms with Gasteiger partial charge in [0.25, 0.3) is 0 Å². The molecule has 0 saturated heterocycles. The van der Waals surface area contributed by atoms with Crippen LogP contribution in [0.5, 0.6) is 0 Å². The van der Waals surface area contributed by atoms with Gasteiger partial charge in [-0.1, -0.05) is 69.1 Å². The molecule has 4 rings (SSSR count). The monoisotopic (exact) mass is 353 g/mol. The zero-order chi connectivity index (χ0) is 28.6. The van der Waals surface area contributed by atoms with E-state index in [2.05, 4.69) is 5.32 Å². The standard InChI is InChI=1S/C24H23NO/c1-24(2,3)18-12-14-19(15-13-18)25-21-10-7-11-22-20(21)16-23(26-22)17-8-5-4-6-9-17/h4-16,25H,1-3H3/i4D,5D,6D,7D,8D,9D,11D,12D,13D,14D,15D,16D. The summed E-state index contributed by atoms with van der Waals surface area (Å²) < 4.78 is 105. The van der Waals surface area contributed by atoms with Gasteiger partial charge in [0.2, 0.25) is 0 Å². The molecule has 4 aromatic rings. The molecular formula is C24H23NO. The molecule has 0 radical (unpaired) electrons. The Balaban J connectivity index is 2.03. The van der Waals surface area contributed by atoms with Crippen LogP contribution in [0.4, 0.5) is 11.4 Å². The number of anilines is 2. The van der Waals surface area contributed by atoms with Gasteiger partial charge in [0.15, 0.2) is 0 Å². The van der Waals surface area contributed by atoms with Crippen LogP contribution in [0.15, 0.2) is 83.0 Å². The summed E-state index contributed by atoms with van der Waals surface area (Å²) in [5.74, 6) is -0.401. The van der Waals surface area contributed by atoms with Crippen molar-refractivity contribution < 1.29 is 20.9 Å². The topological polar surface area (TPSA) is 25.2 Å². The van der Waals surface area contributed by atoms with Crippen molar-refractivity contribution in [3.05, 3.63) is 84.1 Å². The molecule has 2 heteroatoms. The Kier molecular flexibility index (Phi) is 1.89. The van der Waals surface area contributed by atoms with Crippen molar-refractivity contribution >= 4 is 22.3 Å². The maximum absolute atomic E-state index is 8.74. The number of furan rings is 1. The first-order valence-electron chi connectivity index (χ1n) is 14.0. The third-order valence-electron chi connectivity index (χ3n) is 3.70. The maximum Gasteiger partial charge on any atom is 0.136 e. The van der Waals surface area contributed by atoms with Crippen LogP contribution in [0.2, 0.25) is 0 Å². The van der Waals surface area contributed by atoms with E-state index in [4.69, 9.17) is 20.9 Å². The van der Waals surface area contributed by atoms with E-state index in [1.807, 2.05) is 0 Å². The van der Waals surface area contributed by atoms with E-state index >= 15 is 0 Å². The smallest absolute Gasteiger partial charge is 0.136 e. The fourth-order valence-electron chi connectivity index (χ4n) is 2.33. The number of hydrogen-bond acceptors (Lipinski definition) is 2. The molecule has 0 aliphatic carbocycles. The van der Waals surface area contributed by atoms with Crippen molar-refractivity contribution in [3.8, 4) is 11.3 Å². The molecule has 1 heterocycles. The molecule has 0 aliphatic rings. The Hall–Kier alpha value is -3.00. The van der Waals surface area contributed by atoms with E-state index in [9.17, 15) is 0 Å². The summed E-state index contributed by atoms with van der Waals surface area (Å²) in [4.78, 5) is 0. The fourth-order valence-corrected chi connectivity index (χ4v) is 2.33. The van der Waals surface area contributed by atoms with E-state index in [1.54, 1.807) is 20.8 Å². The van der Waals surface area contributed by atoms with Gasteiger partial charge in [0.05, 0.1) is 16.4 Å². The molecule has 0 amide bonds. The SMILES string of the molecule is [2H]c1cc(Nc2c([2H])c([2H])c(C(C)(C)C)c([2H])c2[2H])c2c([2H])c(-c3c([2H])c([2H])c([2H])c([2H])c3[2H])oc2c1[2H]. The fraction of sp³-hybridized carbons (Fsp3) is 0.167. The highest BCUT2D eigenvalue weighted by molar-refractivity contribution is 5.95. The van der Waals surface area contributed by atoms with Gasteiger partial charge in [-0.05, 0) is 41.2 Å². The molecule has 2 nitrogen and oxygen atoms in total. The van der Waals surface area contributed by atoms with Crippen LogP contribution >= 0.6 is 0 Å². The zero-order valence-corrected chi connectivity index (χ0v) is 14.5. The highest BCUT2D eigenvalue weighted by Gasteiger charge is 2.13. The first-order chi connectivity index (χ1) is 17.5. The second kappa shape index (κ2) is 6.38. The quantitative estimate of drug-likeness (QED) is 0.423. The Labute approximate surface area is 171 Å². The normalized spacial score (nSPS) is 18.1. The molecule has 130 valence electrons. The first kappa shape index (κ1) is 7.71. The van der Waals surface area contributed by atoms with Crippen LogP contribution in [0.25, 0.3) is 22.3 Å². The van der Waals surface area contributed by atoms with Crippen molar-refractivity contribution in [2.45, 2.75) is 26.2 Å². The minimum Gasteiger partial charge on any atom is -0.456 e. The molecule has 0 atom stereocenters. The van der Waals surface area contributed by atoms with Crippen molar-refractivity contribution in [3.63, 3.8) is 0 Å². The van der Waals surface area contributed by atoms with Gasteiger partial charge < -0.3 is 9.73 Å². The van der Waals surface area contributed by atoms with Crippen LogP contribution in [-0.4, -0.2) is 0 Å². The molecule has 0 spiro atoms. The molecule has 0 fully saturated rings. The number of rotatable bonds is 3. The van der Waals surface area contributed by atoms with Crippen LogP contribution in [0.1, 0.15) is 42.8 Å². The zero-order valence-electron chi connectivity index (χ0n) is 26.5. The van der Waals surface area contributed by atoms with Gasteiger partial charge in [-0.2, -0.15) is 0 Å². The molecule has 26 heavy (non-hydrogen) atoms. The Morgan fingerprint density at radius 1 is 0.885 bits per heavy atom. The summed E-state index contributed by atoms with van der Waals surface area (Å²) >= 11 is 0. The summed E-state index contributed by atoms with van der Waals surface area (Å²) in [5.41, 5.74) is -1.35. The maximum atomic E-state index is 8.74. The lowest BCUT2D eigenvalue weighted by Crippen LogP contribution is -2.10. The largest absolute Gasteiger partial charge is 0.456 e. The van der Waals surface area contributed by atoms with Gasteiger partial charge in [-0.15, -0.1) is 0 Å². The van der Waals surface area contributed by atoms with Gasteiger partial charge >= 0.3 is 0 Å². The van der Waals surface area contributed by atoms with E-state index < -0.39 is 53.5 Å². The predicted molar refractivity (Wildman–Crippen MR) is 110 cm³/mol. The molecule has 3 aromatic carbocycles. The second-order valence-electron chi connectivity index (χ2n) is 6.71. The highest BCUT2D eigenvalue weighted by Crippen LogP contribution is 2.34. The third kappa shape index (κ3) is 3.23. The van der Waals surface area contributed by atoms with Gasteiger partial charge in [-0.3, -0.25) is 0 Å². The summed E-state index contributed by atoms with van der Waals surface area (Å²) in [6, 6.07) is -4.35. The van der Waals surface area contributed by atoms with Crippen molar-refractivity contribution in [2.75, 3.05) is 5.32 Å². The predicted octanol–water partition coefficient (Wildman–Crippen LogP) is 7.14. The molecule has 0 saturated carbocycles. The van der Waals surface area contributed by atoms with E-state index in [-0.39, 0.29) is 63.7 Å². The van der Waals surface area contributed by atoms with Gasteiger partial charge in [0, 0.05) is 22.3 Å². The minimum absolute atomic E-state index is 0.0299. The van der Waals surface area contributed by atoms with Gasteiger partial charge in [0.1, 0.15) is 11.3 Å². The van der Waals surface area contributed by atoms with Crippen molar-refractivity contribution in [2.24, 2.45) is 0 Å². The van der Waals surface area contributed by atoms with Crippen molar-refractivity contribution in [1.29, 1.82) is 0 Å². The first-order valence-corrected chi connectivity index (χ1v) is 7.99. The molecule has 1 aromatic heterocycles. The number of nitrogens with one attached hydrogen (secondary N) is 1. The molecule has 0 aliphatic heterocycles. The Morgan fingerprint density at radius 2 is 1.62 bits per heavy atom. The summed E-state index contributed by atoms with van der Waals surface area (Å²) in [6.45, 7) is 5.31. The lowest BCUT2D eigenvalue weighted by atomic mass is 9.87. The van der Waals surface area contributed by atoms with Crippen LogP contribution in [0.3, 0.4) is 0 Å². The average Bonchev–Trinajstić information content (AvgIpc) is 3.17. The van der Waals surface area contributed by atoms with Crippen LogP contribution in [0, 0.1) is 0 Å². The Morgan fingerprint density at radius 3 is 2.31 bits per heavy atom. The van der Waals surface area contributed by atoms with Crippen molar-refractivity contribution in [1.82, 2.24) is 0 Å². The van der Waals surface area contributed by atoms with Crippen LogP contribution in [-0.2, 0) is 5.41 Å². The summed E-state index contributed by atoms with van der Waals surface area (Å²) in [5, 5.41) is 2.70. The summed E-state index contributed by atoms with van der Waals surface area (Å²) in [6.07, 6.45) is 0. The lowest BCUT2D eigenvalue weighted by Gasteiger charge is -2.19. The Bertz CT molecular complexity index is 1590. The number of fused-ring (bicyclic) bond motifs is 1. The average molecular weight is 354 g/mol. The number of hydrogen-bond donors (Lipinski definition) is 1. The minimum atomic E-state index is -0.676. The molecule has 1 N–H and O–H groups in total. The molecular weight excluding hydrogens is 318 g/mol. The molecule has 0 bridgehead atoms. The van der Waals surface area contributed by atoms with E-state index in [1.165, 1.54) is 6.07 Å². The van der Waals surface area contributed by atoms with Gasteiger partial charge in [-0.25, -0.2) is 0 Å².